The van der Waals surface area contributed by atoms with Crippen molar-refractivity contribution in [1.82, 2.24) is 15.6 Å². The van der Waals surface area contributed by atoms with Gasteiger partial charge in [-0.2, -0.15) is 13.2 Å². The first-order chi connectivity index (χ1) is 13.6. The summed E-state index contributed by atoms with van der Waals surface area (Å²) in [7, 11) is 1.65. The summed E-state index contributed by atoms with van der Waals surface area (Å²) in [5.74, 6) is 0.578. The van der Waals surface area contributed by atoms with Crippen LogP contribution >= 0.6 is 35.3 Å². The fourth-order valence-corrected chi connectivity index (χ4v) is 3.18. The summed E-state index contributed by atoms with van der Waals surface area (Å²) in [6, 6.07) is 8.08. The van der Waals surface area contributed by atoms with Gasteiger partial charge in [-0.25, -0.2) is 4.98 Å². The van der Waals surface area contributed by atoms with Gasteiger partial charge in [0, 0.05) is 31.9 Å². The molecule has 0 saturated carbocycles. The maximum atomic E-state index is 12.6. The molecule has 0 aliphatic rings. The molecule has 2 rings (SSSR count). The van der Waals surface area contributed by atoms with Crippen LogP contribution in [-0.2, 0) is 30.5 Å². The number of hydrogen-bond acceptors (Lipinski definition) is 4. The molecule has 0 unspecified atom stereocenters. The van der Waals surface area contributed by atoms with Crippen LogP contribution in [0.25, 0.3) is 0 Å². The maximum absolute atomic E-state index is 12.6. The fourth-order valence-electron chi connectivity index (χ4n) is 2.38. The van der Waals surface area contributed by atoms with Crippen LogP contribution in [0.4, 0.5) is 13.2 Å². The van der Waals surface area contributed by atoms with Crippen molar-refractivity contribution in [3.8, 4) is 0 Å². The van der Waals surface area contributed by atoms with Crippen LogP contribution in [0.3, 0.4) is 0 Å². The summed E-state index contributed by atoms with van der Waals surface area (Å²) in [6.07, 6.45) is -4.01. The van der Waals surface area contributed by atoms with Gasteiger partial charge in [-0.15, -0.1) is 35.3 Å². The number of aromatic nitrogens is 1. The average Bonchev–Trinajstić information content (AvgIpc) is 3.12. The number of rotatable bonds is 7. The molecule has 0 saturated heterocycles. The van der Waals surface area contributed by atoms with Gasteiger partial charge >= 0.3 is 6.18 Å². The minimum Gasteiger partial charge on any atom is -0.371 e. The Morgan fingerprint density at radius 1 is 1.17 bits per heavy atom. The lowest BCUT2D eigenvalue weighted by Gasteiger charge is -2.19. The molecule has 30 heavy (non-hydrogen) atoms. The third kappa shape index (κ3) is 9.61. The molecule has 0 amide bonds. The SMILES string of the molecule is CN=C(NCCc1nc(C(F)(F)F)cs1)NCc1cccc(COC(C)(C)C)c1.I. The lowest BCUT2D eigenvalue weighted by atomic mass is 10.1. The van der Waals surface area contributed by atoms with E-state index in [9.17, 15) is 13.2 Å². The molecular formula is C20H28F3IN4OS. The van der Waals surface area contributed by atoms with E-state index >= 15 is 0 Å². The summed E-state index contributed by atoms with van der Waals surface area (Å²) < 4.78 is 43.6. The molecule has 0 spiro atoms. The number of guanidine groups is 1. The van der Waals surface area contributed by atoms with E-state index in [-0.39, 0.29) is 29.6 Å². The molecule has 0 bridgehead atoms. The van der Waals surface area contributed by atoms with Crippen molar-refractivity contribution in [2.75, 3.05) is 13.6 Å². The lowest BCUT2D eigenvalue weighted by molar-refractivity contribution is -0.140. The highest BCUT2D eigenvalue weighted by molar-refractivity contribution is 14.0. The third-order valence-corrected chi connectivity index (χ3v) is 4.73. The van der Waals surface area contributed by atoms with Gasteiger partial charge < -0.3 is 15.4 Å². The average molecular weight is 556 g/mol. The second kappa shape index (κ2) is 11.8. The minimum absolute atomic E-state index is 0. The van der Waals surface area contributed by atoms with E-state index in [0.717, 1.165) is 27.8 Å². The zero-order valence-corrected chi connectivity index (χ0v) is 20.6. The van der Waals surface area contributed by atoms with Crippen molar-refractivity contribution in [3.63, 3.8) is 0 Å². The molecule has 5 nitrogen and oxygen atoms in total. The molecule has 10 heteroatoms. The van der Waals surface area contributed by atoms with E-state index in [1.54, 1.807) is 7.05 Å². The van der Waals surface area contributed by atoms with Crippen molar-refractivity contribution in [2.24, 2.45) is 4.99 Å². The van der Waals surface area contributed by atoms with Crippen LogP contribution in [0.1, 0.15) is 42.6 Å². The van der Waals surface area contributed by atoms with E-state index in [1.165, 1.54) is 0 Å². The molecule has 0 aliphatic carbocycles. The maximum Gasteiger partial charge on any atom is 0.434 e. The van der Waals surface area contributed by atoms with Crippen molar-refractivity contribution in [2.45, 2.75) is 52.1 Å². The Morgan fingerprint density at radius 2 is 1.87 bits per heavy atom. The summed E-state index contributed by atoms with van der Waals surface area (Å²) >= 11 is 1.01. The van der Waals surface area contributed by atoms with Crippen LogP contribution in [-0.4, -0.2) is 30.1 Å². The quantitative estimate of drug-likeness (QED) is 0.286. The Hall–Kier alpha value is -1.40. The van der Waals surface area contributed by atoms with Gasteiger partial charge in [-0.05, 0) is 31.9 Å². The van der Waals surface area contributed by atoms with Crippen molar-refractivity contribution in [3.05, 3.63) is 51.5 Å². The molecule has 0 atom stereocenters. The smallest absolute Gasteiger partial charge is 0.371 e. The first-order valence-corrected chi connectivity index (χ1v) is 10.1. The standard InChI is InChI=1S/C20H27F3N4OS.HI/c1-19(2,3)28-12-15-7-5-6-14(10-15)11-26-18(24-4)25-9-8-17-27-16(13-29-17)20(21,22)23;/h5-7,10,13H,8-9,11-12H2,1-4H3,(H2,24,25,26);1H. The van der Waals surface area contributed by atoms with Gasteiger partial charge in [-0.1, -0.05) is 24.3 Å². The van der Waals surface area contributed by atoms with Crippen molar-refractivity contribution >= 4 is 41.3 Å². The van der Waals surface area contributed by atoms with Gasteiger partial charge in [0.05, 0.1) is 17.2 Å². The highest BCUT2D eigenvalue weighted by atomic mass is 127. The van der Waals surface area contributed by atoms with Crippen molar-refractivity contribution < 1.29 is 17.9 Å². The number of ether oxygens (including phenoxy) is 1. The number of alkyl halides is 3. The Balaban J connectivity index is 0.00000450. The van der Waals surface area contributed by atoms with Gasteiger partial charge in [-0.3, -0.25) is 4.99 Å². The van der Waals surface area contributed by atoms with E-state index in [2.05, 4.69) is 26.7 Å². The monoisotopic (exact) mass is 556 g/mol. The summed E-state index contributed by atoms with van der Waals surface area (Å²) in [5, 5.41) is 7.77. The summed E-state index contributed by atoms with van der Waals surface area (Å²) in [5.41, 5.74) is 1.14. The van der Waals surface area contributed by atoms with Crippen LogP contribution in [0.15, 0.2) is 34.6 Å². The lowest BCUT2D eigenvalue weighted by Crippen LogP contribution is -2.37. The van der Waals surface area contributed by atoms with Gasteiger partial charge in [0.2, 0.25) is 0 Å². The number of nitrogens with zero attached hydrogens (tertiary/aromatic N) is 2. The van der Waals surface area contributed by atoms with Gasteiger partial charge in [0.15, 0.2) is 11.7 Å². The van der Waals surface area contributed by atoms with Gasteiger partial charge in [0.1, 0.15) is 0 Å². The predicted molar refractivity (Wildman–Crippen MR) is 125 cm³/mol. The van der Waals surface area contributed by atoms with E-state index in [1.807, 2.05) is 39.0 Å². The van der Waals surface area contributed by atoms with Crippen molar-refractivity contribution in [1.29, 1.82) is 0 Å². The number of hydrogen-bond donors (Lipinski definition) is 2. The molecule has 2 aromatic rings. The normalized spacial score (nSPS) is 12.4. The van der Waals surface area contributed by atoms with E-state index in [4.69, 9.17) is 4.74 Å². The summed E-state index contributed by atoms with van der Waals surface area (Å²) in [4.78, 5) is 7.77. The van der Waals surface area contributed by atoms with Crippen LogP contribution in [0, 0.1) is 0 Å². The molecular weight excluding hydrogens is 528 g/mol. The number of thiazole rings is 1. The number of nitrogens with one attached hydrogen (secondary N) is 2. The molecule has 0 aliphatic heterocycles. The zero-order valence-electron chi connectivity index (χ0n) is 17.5. The molecule has 0 radical (unpaired) electrons. The minimum atomic E-state index is -4.40. The zero-order chi connectivity index (χ0) is 21.5. The summed E-state index contributed by atoms with van der Waals surface area (Å²) in [6.45, 7) is 7.59. The molecule has 1 heterocycles. The highest BCUT2D eigenvalue weighted by Crippen LogP contribution is 2.30. The predicted octanol–water partition coefficient (Wildman–Crippen LogP) is 5.00. The Bertz CT molecular complexity index is 819. The van der Waals surface area contributed by atoms with Gasteiger partial charge in [0.25, 0.3) is 0 Å². The van der Waals surface area contributed by atoms with Crippen LogP contribution < -0.4 is 10.6 Å². The van der Waals surface area contributed by atoms with E-state index in [0.29, 0.717) is 37.1 Å². The number of benzene rings is 1. The number of halogens is 4. The Labute approximate surface area is 196 Å². The highest BCUT2D eigenvalue weighted by Gasteiger charge is 2.33. The van der Waals surface area contributed by atoms with Crippen LogP contribution in [0.5, 0.6) is 0 Å². The largest absolute Gasteiger partial charge is 0.434 e. The number of aliphatic imine (C=N–C) groups is 1. The van der Waals surface area contributed by atoms with Crippen LogP contribution in [0.2, 0.25) is 0 Å². The first-order valence-electron chi connectivity index (χ1n) is 9.25. The second-order valence-corrected chi connectivity index (χ2v) is 8.39. The molecule has 0 fully saturated rings. The topological polar surface area (TPSA) is 58.5 Å². The molecule has 168 valence electrons. The third-order valence-electron chi connectivity index (χ3n) is 3.82. The first kappa shape index (κ1) is 26.6. The second-order valence-electron chi connectivity index (χ2n) is 7.45. The molecule has 2 N–H and O–H groups in total. The van der Waals surface area contributed by atoms with E-state index < -0.39 is 11.9 Å². The Kier molecular flexibility index (Phi) is 10.5. The molecule has 1 aromatic heterocycles. The Morgan fingerprint density at radius 3 is 2.47 bits per heavy atom. The fraction of sp³-hybridized carbons (Fsp3) is 0.500. The molecule has 1 aromatic carbocycles.